The lowest BCUT2D eigenvalue weighted by molar-refractivity contribution is 0.114. The number of nitrogens with zero attached hydrogens (tertiary/aromatic N) is 2. The van der Waals surface area contributed by atoms with Crippen LogP contribution in [0.5, 0.6) is 5.75 Å². The van der Waals surface area contributed by atoms with Crippen molar-refractivity contribution in [2.75, 3.05) is 24.7 Å². The third kappa shape index (κ3) is 3.33. The Morgan fingerprint density at radius 2 is 1.92 bits per heavy atom. The van der Waals surface area contributed by atoms with Gasteiger partial charge in [0.05, 0.1) is 13.2 Å². The molecule has 4 heteroatoms. The molecular formula is C22H24N2O2. The van der Waals surface area contributed by atoms with Gasteiger partial charge in [-0.3, -0.25) is 0 Å². The van der Waals surface area contributed by atoms with Gasteiger partial charge in [-0.1, -0.05) is 18.2 Å². The van der Waals surface area contributed by atoms with Crippen LogP contribution in [-0.2, 0) is 4.74 Å². The van der Waals surface area contributed by atoms with Gasteiger partial charge in [-0.15, -0.1) is 0 Å². The van der Waals surface area contributed by atoms with E-state index < -0.39 is 0 Å². The van der Waals surface area contributed by atoms with Crippen molar-refractivity contribution in [3.05, 3.63) is 78.1 Å². The zero-order chi connectivity index (χ0) is 17.9. The van der Waals surface area contributed by atoms with Gasteiger partial charge in [0.15, 0.2) is 6.23 Å². The Labute approximate surface area is 154 Å². The number of hydrogen-bond donors (Lipinski definition) is 0. The number of benzene rings is 2. The van der Waals surface area contributed by atoms with E-state index in [2.05, 4.69) is 71.2 Å². The molecule has 1 aliphatic rings. The minimum Gasteiger partial charge on any atom is -0.494 e. The molecule has 3 aromatic rings. The van der Waals surface area contributed by atoms with Crippen LogP contribution in [0.15, 0.2) is 67.0 Å². The third-order valence-corrected chi connectivity index (χ3v) is 4.65. The fourth-order valence-corrected chi connectivity index (χ4v) is 3.44. The molecule has 26 heavy (non-hydrogen) atoms. The fraction of sp³-hybridized carbons (Fsp3) is 0.273. The van der Waals surface area contributed by atoms with Crippen molar-refractivity contribution in [3.63, 3.8) is 0 Å². The second-order valence-corrected chi connectivity index (χ2v) is 6.54. The molecular weight excluding hydrogens is 324 g/mol. The topological polar surface area (TPSA) is 26.6 Å². The first-order valence-electron chi connectivity index (χ1n) is 9.10. The van der Waals surface area contributed by atoms with Gasteiger partial charge < -0.3 is 18.9 Å². The van der Waals surface area contributed by atoms with Gasteiger partial charge in [0.1, 0.15) is 5.75 Å². The molecule has 0 amide bonds. The lowest BCUT2D eigenvalue weighted by Gasteiger charge is -2.25. The number of anilines is 1. The van der Waals surface area contributed by atoms with Crippen molar-refractivity contribution < 1.29 is 9.47 Å². The lowest BCUT2D eigenvalue weighted by atomic mass is 10.2. The van der Waals surface area contributed by atoms with Gasteiger partial charge in [0.2, 0.25) is 0 Å². The molecule has 0 aliphatic carbocycles. The number of rotatable bonds is 5. The van der Waals surface area contributed by atoms with Crippen molar-refractivity contribution in [2.24, 2.45) is 0 Å². The summed E-state index contributed by atoms with van der Waals surface area (Å²) in [6, 6.07) is 18.9. The van der Waals surface area contributed by atoms with E-state index in [4.69, 9.17) is 9.47 Å². The van der Waals surface area contributed by atoms with E-state index in [1.54, 1.807) is 0 Å². The summed E-state index contributed by atoms with van der Waals surface area (Å²) in [5.41, 5.74) is 4.71. The molecule has 2 heterocycles. The van der Waals surface area contributed by atoms with Crippen molar-refractivity contribution >= 4 is 5.69 Å². The van der Waals surface area contributed by atoms with Gasteiger partial charge in [0, 0.05) is 41.9 Å². The molecule has 1 saturated heterocycles. The first-order valence-corrected chi connectivity index (χ1v) is 9.10. The molecule has 0 spiro atoms. The molecule has 2 aromatic carbocycles. The van der Waals surface area contributed by atoms with E-state index in [1.807, 2.05) is 19.1 Å². The lowest BCUT2D eigenvalue weighted by Crippen LogP contribution is -2.23. The molecule has 1 aromatic heterocycles. The van der Waals surface area contributed by atoms with E-state index in [-0.39, 0.29) is 6.23 Å². The van der Waals surface area contributed by atoms with Gasteiger partial charge in [0.25, 0.3) is 0 Å². The Balaban J connectivity index is 1.60. The standard InChI is InChI=1S/C22H24N2O2/c1-3-25-21-9-5-7-19(15-21)23-11-10-18(16-23)22-24(12-13-26-22)20-8-4-6-17(2)14-20/h4-11,14-16,22H,3,12-13H2,1-2H3/t22-/m0/s1. The number of aryl methyl sites for hydroxylation is 1. The van der Waals surface area contributed by atoms with Crippen LogP contribution in [0.3, 0.4) is 0 Å². The summed E-state index contributed by atoms with van der Waals surface area (Å²) in [4.78, 5) is 2.32. The van der Waals surface area contributed by atoms with Gasteiger partial charge in [-0.2, -0.15) is 0 Å². The Morgan fingerprint density at radius 3 is 2.77 bits per heavy atom. The smallest absolute Gasteiger partial charge is 0.158 e. The summed E-state index contributed by atoms with van der Waals surface area (Å²) in [6.45, 7) is 6.43. The molecule has 0 radical (unpaired) electrons. The van der Waals surface area contributed by atoms with E-state index in [0.29, 0.717) is 6.61 Å². The van der Waals surface area contributed by atoms with Gasteiger partial charge in [-0.25, -0.2) is 0 Å². The van der Waals surface area contributed by atoms with E-state index in [1.165, 1.54) is 11.3 Å². The predicted octanol–water partition coefficient (Wildman–Crippen LogP) is 4.72. The third-order valence-electron chi connectivity index (χ3n) is 4.65. The van der Waals surface area contributed by atoms with Crippen LogP contribution in [0.1, 0.15) is 24.3 Å². The van der Waals surface area contributed by atoms with Crippen LogP contribution in [-0.4, -0.2) is 24.3 Å². The van der Waals surface area contributed by atoms with Crippen LogP contribution in [0, 0.1) is 6.92 Å². The van der Waals surface area contributed by atoms with Crippen LogP contribution >= 0.6 is 0 Å². The highest BCUT2D eigenvalue weighted by molar-refractivity contribution is 5.51. The highest BCUT2D eigenvalue weighted by Crippen LogP contribution is 2.33. The Hall–Kier alpha value is -2.72. The minimum atomic E-state index is -0.0480. The Kier molecular flexibility index (Phi) is 4.67. The van der Waals surface area contributed by atoms with Crippen LogP contribution < -0.4 is 9.64 Å². The maximum atomic E-state index is 6.05. The first-order chi connectivity index (χ1) is 12.7. The molecule has 1 fully saturated rings. The van der Waals surface area contributed by atoms with Crippen LogP contribution in [0.25, 0.3) is 5.69 Å². The summed E-state index contributed by atoms with van der Waals surface area (Å²) in [5.74, 6) is 0.888. The Morgan fingerprint density at radius 1 is 1.08 bits per heavy atom. The molecule has 4 rings (SSSR count). The number of ether oxygens (including phenoxy) is 2. The molecule has 1 aliphatic heterocycles. The van der Waals surface area contributed by atoms with E-state index in [9.17, 15) is 0 Å². The summed E-state index contributed by atoms with van der Waals surface area (Å²) in [5, 5.41) is 0. The van der Waals surface area contributed by atoms with Gasteiger partial charge in [-0.05, 0) is 49.7 Å². The maximum absolute atomic E-state index is 6.05. The second-order valence-electron chi connectivity index (χ2n) is 6.54. The quantitative estimate of drug-likeness (QED) is 0.667. The van der Waals surface area contributed by atoms with Crippen LogP contribution in [0.2, 0.25) is 0 Å². The predicted molar refractivity (Wildman–Crippen MR) is 104 cm³/mol. The van der Waals surface area contributed by atoms with Crippen LogP contribution in [0.4, 0.5) is 5.69 Å². The highest BCUT2D eigenvalue weighted by atomic mass is 16.5. The highest BCUT2D eigenvalue weighted by Gasteiger charge is 2.28. The summed E-state index contributed by atoms with van der Waals surface area (Å²) in [6.07, 6.45) is 4.17. The monoisotopic (exact) mass is 348 g/mol. The zero-order valence-corrected chi connectivity index (χ0v) is 15.3. The summed E-state index contributed by atoms with van der Waals surface area (Å²) < 4.78 is 13.8. The van der Waals surface area contributed by atoms with E-state index in [0.717, 1.165) is 30.2 Å². The van der Waals surface area contributed by atoms with Crippen molar-refractivity contribution in [1.82, 2.24) is 4.57 Å². The average molecular weight is 348 g/mol. The second kappa shape index (κ2) is 7.26. The number of hydrogen-bond acceptors (Lipinski definition) is 3. The van der Waals surface area contributed by atoms with Crippen molar-refractivity contribution in [3.8, 4) is 11.4 Å². The molecule has 0 bridgehead atoms. The molecule has 4 nitrogen and oxygen atoms in total. The minimum absolute atomic E-state index is 0.0480. The SMILES string of the molecule is CCOc1cccc(-n2ccc([C@@H]3OCCN3c3cccc(C)c3)c2)c1. The van der Waals surface area contributed by atoms with Gasteiger partial charge >= 0.3 is 0 Å². The maximum Gasteiger partial charge on any atom is 0.158 e. The molecule has 0 unspecified atom stereocenters. The molecule has 134 valence electrons. The van der Waals surface area contributed by atoms with Crippen molar-refractivity contribution in [1.29, 1.82) is 0 Å². The van der Waals surface area contributed by atoms with Crippen molar-refractivity contribution in [2.45, 2.75) is 20.1 Å². The Bertz CT molecular complexity index is 887. The first kappa shape index (κ1) is 16.7. The molecule has 0 N–H and O–H groups in total. The molecule has 1 atom stereocenters. The van der Waals surface area contributed by atoms with E-state index >= 15 is 0 Å². The summed E-state index contributed by atoms with van der Waals surface area (Å²) >= 11 is 0. The zero-order valence-electron chi connectivity index (χ0n) is 15.3. The molecule has 0 saturated carbocycles. The number of aromatic nitrogens is 1. The normalized spacial score (nSPS) is 16.8. The summed E-state index contributed by atoms with van der Waals surface area (Å²) in [7, 11) is 0. The largest absolute Gasteiger partial charge is 0.494 e. The fourth-order valence-electron chi connectivity index (χ4n) is 3.44. The average Bonchev–Trinajstić information content (AvgIpc) is 3.31.